The zero-order valence-electron chi connectivity index (χ0n) is 33.7. The molecule has 2 aliphatic rings. The Morgan fingerprint density at radius 3 is 1.90 bits per heavy atom. The Bertz CT molecular complexity index is 3560. The van der Waals surface area contributed by atoms with Crippen LogP contribution in [0.25, 0.3) is 60.5 Å². The molecular formula is C59H38N2O. The molecule has 10 aromatic carbocycles. The molecule has 0 amide bonds. The summed E-state index contributed by atoms with van der Waals surface area (Å²) in [4.78, 5) is 2.47. The fourth-order valence-corrected chi connectivity index (χ4v) is 10.6. The summed E-state index contributed by atoms with van der Waals surface area (Å²) in [6, 6.07) is 84.0. The van der Waals surface area contributed by atoms with Crippen LogP contribution < -0.4 is 9.64 Å². The lowest BCUT2D eigenvalue weighted by Crippen LogP contribution is -2.32. The molecule has 290 valence electrons. The van der Waals surface area contributed by atoms with Crippen molar-refractivity contribution in [3.05, 3.63) is 253 Å². The van der Waals surface area contributed by atoms with Crippen molar-refractivity contribution in [1.82, 2.24) is 4.57 Å². The van der Waals surface area contributed by atoms with E-state index in [9.17, 15) is 0 Å². The number of nitrogens with zero attached hydrogens (tertiary/aromatic N) is 2. The van der Waals surface area contributed by atoms with E-state index in [2.05, 4.69) is 240 Å². The second-order valence-electron chi connectivity index (χ2n) is 16.4. The highest BCUT2D eigenvalue weighted by Gasteiger charge is 2.51. The Hall–Kier alpha value is -8.14. The third kappa shape index (κ3) is 4.94. The third-order valence-corrected chi connectivity index (χ3v) is 13.2. The molecule has 1 atom stereocenters. The van der Waals surface area contributed by atoms with Crippen molar-refractivity contribution in [2.45, 2.75) is 5.41 Å². The van der Waals surface area contributed by atoms with Crippen LogP contribution in [0.3, 0.4) is 0 Å². The van der Waals surface area contributed by atoms with Gasteiger partial charge in [0.1, 0.15) is 11.5 Å². The maximum Gasteiger partial charge on any atom is 0.132 e. The van der Waals surface area contributed by atoms with Gasteiger partial charge in [0.2, 0.25) is 0 Å². The van der Waals surface area contributed by atoms with E-state index in [-0.39, 0.29) is 0 Å². The fraction of sp³-hybridized carbons (Fsp3) is 0.0169. The van der Waals surface area contributed by atoms with Gasteiger partial charge in [0, 0.05) is 44.3 Å². The standard InChI is InChI=1S/C59H38N2O/c1-3-16-39(17-4-1)41-30-35-52-58(36-41)62-57-29-14-12-26-51(57)59(52)50-25-11-9-23-46(50)47-33-31-43(37-53(47)59)60(54-28-15-19-40-18-7-8-22-45(40)54)44-32-34-49-48-24-10-13-27-55(48)61(56(49)38-44)42-20-5-2-6-21-42/h1-38H. The number of benzene rings is 10. The molecule has 11 aromatic rings. The SMILES string of the molecule is c1ccc(-c2ccc3c(c2)Oc2ccccc2C32c3ccccc3-c3ccc(N(c4ccc5c6ccccc6n(-c6ccccc6)c5c4)c4cccc5ccccc45)cc32)cc1. The first kappa shape index (κ1) is 34.7. The van der Waals surface area contributed by atoms with E-state index < -0.39 is 5.41 Å². The summed E-state index contributed by atoms with van der Waals surface area (Å²) >= 11 is 0. The zero-order chi connectivity index (χ0) is 40.8. The van der Waals surface area contributed by atoms with Crippen molar-refractivity contribution < 1.29 is 4.74 Å². The quantitative estimate of drug-likeness (QED) is 0.173. The summed E-state index contributed by atoms with van der Waals surface area (Å²) in [5.74, 6) is 1.76. The van der Waals surface area contributed by atoms with Crippen LogP contribution in [0.15, 0.2) is 231 Å². The van der Waals surface area contributed by atoms with Gasteiger partial charge < -0.3 is 14.2 Å². The van der Waals surface area contributed by atoms with E-state index in [4.69, 9.17) is 4.74 Å². The minimum absolute atomic E-state index is 0.630. The van der Waals surface area contributed by atoms with Gasteiger partial charge in [-0.1, -0.05) is 170 Å². The van der Waals surface area contributed by atoms with Gasteiger partial charge in [0.25, 0.3) is 0 Å². The van der Waals surface area contributed by atoms with Gasteiger partial charge in [-0.15, -0.1) is 0 Å². The molecule has 0 N–H and O–H groups in total. The van der Waals surface area contributed by atoms with Gasteiger partial charge in [-0.3, -0.25) is 0 Å². The summed E-state index contributed by atoms with van der Waals surface area (Å²) in [5, 5.41) is 4.84. The number of hydrogen-bond donors (Lipinski definition) is 0. The van der Waals surface area contributed by atoms with Crippen LogP contribution in [0, 0.1) is 0 Å². The Balaban J connectivity index is 1.10. The van der Waals surface area contributed by atoms with Crippen LogP contribution >= 0.6 is 0 Å². The Kier molecular flexibility index (Phi) is 7.52. The van der Waals surface area contributed by atoms with E-state index in [1.54, 1.807) is 0 Å². The van der Waals surface area contributed by atoms with Crippen LogP contribution in [-0.4, -0.2) is 4.57 Å². The third-order valence-electron chi connectivity index (χ3n) is 13.2. The van der Waals surface area contributed by atoms with E-state index in [1.807, 2.05) is 0 Å². The number of fused-ring (bicyclic) bond motifs is 13. The molecule has 62 heavy (non-hydrogen) atoms. The van der Waals surface area contributed by atoms with Gasteiger partial charge in [0.05, 0.1) is 22.1 Å². The molecule has 1 aliphatic carbocycles. The van der Waals surface area contributed by atoms with E-state index in [1.165, 1.54) is 49.3 Å². The van der Waals surface area contributed by atoms with Crippen molar-refractivity contribution in [3.63, 3.8) is 0 Å². The van der Waals surface area contributed by atoms with Crippen LogP contribution in [0.1, 0.15) is 22.3 Å². The molecule has 13 rings (SSSR count). The molecule has 1 aliphatic heterocycles. The molecule has 0 fully saturated rings. The highest BCUT2D eigenvalue weighted by Crippen LogP contribution is 2.63. The van der Waals surface area contributed by atoms with Crippen molar-refractivity contribution in [2.75, 3.05) is 4.90 Å². The van der Waals surface area contributed by atoms with Crippen LogP contribution in [0.2, 0.25) is 0 Å². The topological polar surface area (TPSA) is 17.4 Å². The van der Waals surface area contributed by atoms with Crippen molar-refractivity contribution in [3.8, 4) is 39.4 Å². The Morgan fingerprint density at radius 1 is 0.371 bits per heavy atom. The molecule has 1 spiro atoms. The van der Waals surface area contributed by atoms with Crippen molar-refractivity contribution in [2.24, 2.45) is 0 Å². The second-order valence-corrected chi connectivity index (χ2v) is 16.4. The largest absolute Gasteiger partial charge is 0.457 e. The maximum atomic E-state index is 6.92. The molecule has 0 radical (unpaired) electrons. The highest BCUT2D eigenvalue weighted by molar-refractivity contribution is 6.11. The molecule has 0 saturated heterocycles. The lowest BCUT2D eigenvalue weighted by molar-refractivity contribution is 0.436. The van der Waals surface area contributed by atoms with E-state index in [0.29, 0.717) is 0 Å². The molecule has 3 nitrogen and oxygen atoms in total. The molecule has 0 saturated carbocycles. The van der Waals surface area contributed by atoms with Crippen molar-refractivity contribution in [1.29, 1.82) is 0 Å². The van der Waals surface area contributed by atoms with Crippen LogP contribution in [-0.2, 0) is 5.41 Å². The monoisotopic (exact) mass is 790 g/mol. The average molecular weight is 791 g/mol. The van der Waals surface area contributed by atoms with Crippen LogP contribution in [0.5, 0.6) is 11.5 Å². The van der Waals surface area contributed by atoms with Gasteiger partial charge >= 0.3 is 0 Å². The summed E-state index contributed by atoms with van der Waals surface area (Å²) < 4.78 is 9.33. The smallest absolute Gasteiger partial charge is 0.132 e. The summed E-state index contributed by atoms with van der Waals surface area (Å²) in [6.07, 6.45) is 0. The molecule has 0 bridgehead atoms. The summed E-state index contributed by atoms with van der Waals surface area (Å²) in [6.45, 7) is 0. The second kappa shape index (κ2) is 13.4. The van der Waals surface area contributed by atoms with E-state index >= 15 is 0 Å². The normalized spacial score (nSPS) is 14.6. The number of para-hydroxylation sites is 3. The molecule has 1 aromatic heterocycles. The minimum Gasteiger partial charge on any atom is -0.457 e. The molecule has 2 heterocycles. The number of ether oxygens (including phenoxy) is 1. The first-order valence-electron chi connectivity index (χ1n) is 21.3. The van der Waals surface area contributed by atoms with E-state index in [0.717, 1.165) is 62.0 Å². The molecule has 3 heteroatoms. The highest BCUT2D eigenvalue weighted by atomic mass is 16.5. The van der Waals surface area contributed by atoms with Gasteiger partial charge in [-0.2, -0.15) is 0 Å². The average Bonchev–Trinajstić information content (AvgIpc) is 3.82. The maximum absolute atomic E-state index is 6.92. The minimum atomic E-state index is -0.630. The molecular weight excluding hydrogens is 753 g/mol. The summed E-state index contributed by atoms with van der Waals surface area (Å²) in [7, 11) is 0. The predicted molar refractivity (Wildman–Crippen MR) is 256 cm³/mol. The Labute approximate surface area is 360 Å². The summed E-state index contributed by atoms with van der Waals surface area (Å²) in [5.41, 5.74) is 15.7. The number of aromatic nitrogens is 1. The lowest BCUT2D eigenvalue weighted by atomic mass is 9.66. The zero-order valence-corrected chi connectivity index (χ0v) is 33.7. The number of hydrogen-bond acceptors (Lipinski definition) is 2. The fourth-order valence-electron chi connectivity index (χ4n) is 10.6. The number of rotatable bonds is 5. The van der Waals surface area contributed by atoms with Gasteiger partial charge in [-0.25, -0.2) is 0 Å². The van der Waals surface area contributed by atoms with Gasteiger partial charge in [0.15, 0.2) is 0 Å². The first-order chi connectivity index (χ1) is 30.8. The predicted octanol–water partition coefficient (Wildman–Crippen LogP) is 15.5. The lowest BCUT2D eigenvalue weighted by Gasteiger charge is -2.40. The Morgan fingerprint density at radius 2 is 1.02 bits per heavy atom. The van der Waals surface area contributed by atoms with Gasteiger partial charge in [-0.05, 0) is 99.4 Å². The van der Waals surface area contributed by atoms with Crippen LogP contribution in [0.4, 0.5) is 17.1 Å². The number of anilines is 3. The molecule has 1 unspecified atom stereocenters. The first-order valence-corrected chi connectivity index (χ1v) is 21.3. The van der Waals surface area contributed by atoms with Crippen molar-refractivity contribution >= 4 is 49.6 Å².